The molecular weight excluding hydrogens is 616 g/mol. The number of thioether (sulfide) groups is 1. The zero-order chi connectivity index (χ0) is 29.1. The van der Waals surface area contributed by atoms with Crippen molar-refractivity contribution in [2.75, 3.05) is 24.3 Å². The maximum Gasteiger partial charge on any atom is 3.00 e. The third-order valence-corrected chi connectivity index (χ3v) is 8.27. The number of carbonyl (C=O) groups excluding carboxylic acids is 1. The van der Waals surface area contributed by atoms with Crippen LogP contribution in [0.3, 0.4) is 0 Å². The van der Waals surface area contributed by atoms with Crippen molar-refractivity contribution in [3.05, 3.63) is 78.6 Å². The fourth-order valence-corrected chi connectivity index (χ4v) is 5.86. The Balaban J connectivity index is 0.000000743. The Morgan fingerprint density at radius 3 is 2.58 bits per heavy atom. The molecule has 1 aromatic carbocycles. The first-order valence-corrected chi connectivity index (χ1v) is 16.1. The van der Waals surface area contributed by atoms with Gasteiger partial charge in [0.15, 0.2) is 0 Å². The molecule has 0 bridgehead atoms. The van der Waals surface area contributed by atoms with E-state index in [1.807, 2.05) is 56.0 Å². The second-order valence-corrected chi connectivity index (χ2v) is 13.4. The SMILES string of the molecule is [CH2-]C(O[C-]=O)C1=CC=CC(OC(C)(C)PCC)C=C1.[CH2-]CCCCCSCCOCc1c(C)cc(C)cc1O.[Y+3]. The number of hydrogen-bond donors (Lipinski definition) is 1. The molecule has 0 heterocycles. The summed E-state index contributed by atoms with van der Waals surface area (Å²) in [5.41, 5.74) is 3.92. The van der Waals surface area contributed by atoms with Gasteiger partial charge in [-0.1, -0.05) is 71.3 Å². The van der Waals surface area contributed by atoms with Crippen LogP contribution in [0.15, 0.2) is 48.1 Å². The summed E-state index contributed by atoms with van der Waals surface area (Å²) in [6.45, 7) is 20.6. The molecule has 1 aromatic rings. The van der Waals surface area contributed by atoms with E-state index in [4.69, 9.17) is 14.2 Å². The number of rotatable bonds is 17. The summed E-state index contributed by atoms with van der Waals surface area (Å²) in [5, 5.41) is 9.78. The van der Waals surface area contributed by atoms with Crippen LogP contribution >= 0.6 is 20.3 Å². The zero-order valence-electron chi connectivity index (χ0n) is 25.0. The first-order valence-electron chi connectivity index (χ1n) is 13.7. The van der Waals surface area contributed by atoms with Crippen molar-refractivity contribution in [1.82, 2.24) is 0 Å². The van der Waals surface area contributed by atoms with E-state index in [2.05, 4.69) is 40.7 Å². The summed E-state index contributed by atoms with van der Waals surface area (Å²) in [5.74, 6) is 2.58. The Morgan fingerprint density at radius 1 is 1.18 bits per heavy atom. The molecule has 40 heavy (non-hydrogen) atoms. The number of allylic oxidation sites excluding steroid dienone is 2. The second kappa shape index (κ2) is 23.0. The Hall–Kier alpha value is -0.486. The minimum Gasteiger partial charge on any atom is -0.670 e. The van der Waals surface area contributed by atoms with Crippen molar-refractivity contribution in [3.8, 4) is 5.75 Å². The largest absolute Gasteiger partial charge is 3.00 e. The first-order chi connectivity index (χ1) is 18.6. The van der Waals surface area contributed by atoms with Gasteiger partial charge in [-0.05, 0) is 74.9 Å². The maximum absolute atomic E-state index is 10.2. The Kier molecular flexibility index (Phi) is 22.7. The van der Waals surface area contributed by atoms with Gasteiger partial charge >= 0.3 is 32.7 Å². The molecule has 8 heteroatoms. The van der Waals surface area contributed by atoms with Crippen molar-refractivity contribution < 1.29 is 56.8 Å². The molecule has 0 amide bonds. The van der Waals surface area contributed by atoms with Crippen molar-refractivity contribution in [3.63, 3.8) is 0 Å². The van der Waals surface area contributed by atoms with E-state index in [1.165, 1.54) is 31.5 Å². The summed E-state index contributed by atoms with van der Waals surface area (Å²) in [4.78, 5) is 10.2. The van der Waals surface area contributed by atoms with Crippen LogP contribution in [0.4, 0.5) is 0 Å². The molecule has 0 saturated heterocycles. The van der Waals surface area contributed by atoms with Crippen LogP contribution in [0.2, 0.25) is 0 Å². The molecule has 2 rings (SSSR count). The van der Waals surface area contributed by atoms with Gasteiger partial charge in [0, 0.05) is 11.3 Å². The van der Waals surface area contributed by atoms with Crippen LogP contribution in [-0.2, 0) is 58.3 Å². The zero-order valence-corrected chi connectivity index (χ0v) is 29.7. The molecule has 0 radical (unpaired) electrons. The Bertz CT molecular complexity index is 909. The van der Waals surface area contributed by atoms with Crippen LogP contribution in [0, 0.1) is 27.7 Å². The monoisotopic (exact) mass is 664 g/mol. The van der Waals surface area contributed by atoms with E-state index in [-0.39, 0.29) is 44.2 Å². The van der Waals surface area contributed by atoms with Crippen molar-refractivity contribution in [2.45, 2.75) is 84.5 Å². The van der Waals surface area contributed by atoms with Crippen molar-refractivity contribution >= 4 is 26.8 Å². The molecule has 220 valence electrons. The van der Waals surface area contributed by atoms with E-state index in [1.54, 1.807) is 6.07 Å². The topological polar surface area (TPSA) is 65.0 Å². The third kappa shape index (κ3) is 17.5. The molecule has 3 unspecified atom stereocenters. The van der Waals surface area contributed by atoms with Gasteiger partial charge < -0.3 is 38.0 Å². The fourth-order valence-electron chi connectivity index (χ4n) is 3.94. The van der Waals surface area contributed by atoms with Gasteiger partial charge in [-0.15, -0.1) is 0 Å². The average molecular weight is 665 g/mol. The van der Waals surface area contributed by atoms with E-state index in [0.29, 0.717) is 12.4 Å². The Labute approximate surface area is 275 Å². The summed E-state index contributed by atoms with van der Waals surface area (Å²) < 4.78 is 16.4. The quantitative estimate of drug-likeness (QED) is 0.104. The summed E-state index contributed by atoms with van der Waals surface area (Å²) in [7, 11) is 0.757. The van der Waals surface area contributed by atoms with Gasteiger partial charge in [-0.25, -0.2) is 0 Å². The van der Waals surface area contributed by atoms with Gasteiger partial charge in [-0.3, -0.25) is 0 Å². The molecule has 1 aliphatic rings. The van der Waals surface area contributed by atoms with Gasteiger partial charge in [0.25, 0.3) is 0 Å². The molecule has 0 fully saturated rings. The van der Waals surface area contributed by atoms with Gasteiger partial charge in [0.1, 0.15) is 5.75 Å². The number of aromatic hydroxyl groups is 1. The molecule has 0 spiro atoms. The first kappa shape index (κ1) is 39.5. The standard InChI is InChI=1S/C17H27O2S.C15H21O3P.Y/c1-4-5-6-7-9-20-10-8-19-13-16-15(3)11-14(2)12-17(16)18;1-5-19-15(3,4)18-14-8-6-7-13(9-10-14)12(2)17-11-16;/h11-12,18H,1,4-10,13H2,2-3H3;6-10,12,14,19H,2,5H2,1,3-4H3;/q-1;-2;+3. The normalized spacial score (nSPS) is 15.6. The molecular formula is C32H48O5PSY. The average Bonchev–Trinajstić information content (AvgIpc) is 3.10. The van der Waals surface area contributed by atoms with Crippen LogP contribution in [0.5, 0.6) is 5.75 Å². The van der Waals surface area contributed by atoms with Gasteiger partial charge in [0.2, 0.25) is 0 Å². The minimum absolute atomic E-state index is 0. The third-order valence-electron chi connectivity index (χ3n) is 5.91. The number of benzene rings is 1. The minimum atomic E-state index is -0.539. The van der Waals surface area contributed by atoms with Crippen molar-refractivity contribution in [2.24, 2.45) is 0 Å². The van der Waals surface area contributed by atoms with E-state index < -0.39 is 6.10 Å². The summed E-state index contributed by atoms with van der Waals surface area (Å²) in [6, 6.07) is 3.87. The number of unbranched alkanes of at least 4 members (excludes halogenated alkanes) is 3. The number of hydrogen-bond acceptors (Lipinski definition) is 6. The van der Waals surface area contributed by atoms with E-state index in [9.17, 15) is 9.90 Å². The van der Waals surface area contributed by atoms with Crippen LogP contribution in [-0.4, -0.2) is 53.4 Å². The fraction of sp³-hybridized carbons (Fsp3) is 0.531. The molecule has 0 saturated carbocycles. The molecule has 0 aromatic heterocycles. The summed E-state index contributed by atoms with van der Waals surface area (Å²) in [6.07, 6.45) is 14.9. The molecule has 5 nitrogen and oxygen atoms in total. The van der Waals surface area contributed by atoms with Crippen LogP contribution in [0.25, 0.3) is 0 Å². The molecule has 0 aliphatic heterocycles. The Morgan fingerprint density at radius 2 is 1.93 bits per heavy atom. The van der Waals surface area contributed by atoms with Gasteiger partial charge in [0.05, 0.1) is 24.7 Å². The number of phenolic OH excluding ortho intramolecular Hbond substituents is 1. The summed E-state index contributed by atoms with van der Waals surface area (Å²) >= 11 is 1.94. The van der Waals surface area contributed by atoms with Crippen molar-refractivity contribution in [1.29, 1.82) is 0 Å². The van der Waals surface area contributed by atoms with Crippen LogP contribution < -0.4 is 0 Å². The molecule has 1 aliphatic carbocycles. The van der Waals surface area contributed by atoms with Gasteiger partial charge in [-0.2, -0.15) is 18.2 Å². The number of phenols is 1. The smallest absolute Gasteiger partial charge is 0.670 e. The molecule has 1 N–H and O–H groups in total. The predicted octanol–water partition coefficient (Wildman–Crippen LogP) is 7.80. The van der Waals surface area contributed by atoms with E-state index >= 15 is 0 Å². The second-order valence-electron chi connectivity index (χ2n) is 9.88. The maximum atomic E-state index is 10.2. The predicted molar refractivity (Wildman–Crippen MR) is 168 cm³/mol. The number of aryl methyl sites for hydroxylation is 2. The number of ether oxygens (including phenoxy) is 3. The van der Waals surface area contributed by atoms with E-state index in [0.717, 1.165) is 55.8 Å². The van der Waals surface area contributed by atoms with Crippen LogP contribution in [0.1, 0.15) is 63.1 Å². The molecule has 3 atom stereocenters.